The second-order valence-corrected chi connectivity index (χ2v) is 8.42. The molecule has 0 bridgehead atoms. The molecule has 0 aliphatic carbocycles. The molecule has 3 N–H and O–H groups in total. The zero-order valence-corrected chi connectivity index (χ0v) is 18.6. The van der Waals surface area contributed by atoms with Crippen LogP contribution in [0.25, 0.3) is 0 Å². The van der Waals surface area contributed by atoms with Crippen molar-refractivity contribution in [2.24, 2.45) is 0 Å². The zero-order chi connectivity index (χ0) is 22.2. The molecule has 3 rings (SSSR count). The van der Waals surface area contributed by atoms with Gasteiger partial charge in [-0.25, -0.2) is 4.79 Å². The summed E-state index contributed by atoms with van der Waals surface area (Å²) in [5.41, 5.74) is 3.43. The van der Waals surface area contributed by atoms with Gasteiger partial charge in [-0.1, -0.05) is 30.3 Å². The first kappa shape index (κ1) is 22.8. The normalized spacial score (nSPS) is 15.0. The summed E-state index contributed by atoms with van der Waals surface area (Å²) in [6.07, 6.45) is 0. The van der Waals surface area contributed by atoms with Gasteiger partial charge in [-0.05, 0) is 50.2 Å². The summed E-state index contributed by atoms with van der Waals surface area (Å²) >= 11 is 0. The van der Waals surface area contributed by atoms with Gasteiger partial charge in [0.15, 0.2) is 0 Å². The third-order valence-electron chi connectivity index (χ3n) is 5.25. The molecule has 1 aliphatic rings. The summed E-state index contributed by atoms with van der Waals surface area (Å²) in [6.45, 7) is 9.54. The van der Waals surface area contributed by atoms with E-state index in [0.717, 1.165) is 38.3 Å². The number of nitrogens with one attached hydrogen (secondary N) is 3. The van der Waals surface area contributed by atoms with Gasteiger partial charge in [-0.2, -0.15) is 0 Å². The Balaban J connectivity index is 1.53. The molecule has 0 aromatic heterocycles. The van der Waals surface area contributed by atoms with E-state index >= 15 is 0 Å². The number of piperazine rings is 1. The Morgan fingerprint density at radius 1 is 0.968 bits per heavy atom. The average Bonchev–Trinajstić information content (AvgIpc) is 2.73. The Labute approximate surface area is 184 Å². The molecule has 7 heteroatoms. The summed E-state index contributed by atoms with van der Waals surface area (Å²) in [5.74, 6) is -0.169. The van der Waals surface area contributed by atoms with Gasteiger partial charge in [0, 0.05) is 56.6 Å². The zero-order valence-electron chi connectivity index (χ0n) is 18.6. The second kappa shape index (κ2) is 10.9. The van der Waals surface area contributed by atoms with E-state index in [1.807, 2.05) is 26.0 Å². The van der Waals surface area contributed by atoms with Gasteiger partial charge in [0.2, 0.25) is 0 Å². The highest BCUT2D eigenvalue weighted by atomic mass is 16.2. The highest BCUT2D eigenvalue weighted by Crippen LogP contribution is 2.13. The number of likely N-dealkylation sites (N-methyl/N-ethyl adjacent to an activating group) is 1. The van der Waals surface area contributed by atoms with Gasteiger partial charge >= 0.3 is 6.03 Å². The maximum atomic E-state index is 12.6. The smallest absolute Gasteiger partial charge is 0.319 e. The Bertz CT molecular complexity index is 891. The van der Waals surface area contributed by atoms with E-state index in [2.05, 4.69) is 44.9 Å². The van der Waals surface area contributed by atoms with Crippen LogP contribution in [-0.2, 0) is 13.1 Å². The van der Waals surface area contributed by atoms with Gasteiger partial charge in [-0.3, -0.25) is 9.69 Å². The molecule has 0 radical (unpaired) electrons. The van der Waals surface area contributed by atoms with Gasteiger partial charge in [-0.15, -0.1) is 0 Å². The lowest BCUT2D eigenvalue weighted by Gasteiger charge is -2.32. The molecule has 7 nitrogen and oxygen atoms in total. The van der Waals surface area contributed by atoms with Crippen molar-refractivity contribution in [3.05, 3.63) is 65.2 Å². The quantitative estimate of drug-likeness (QED) is 0.640. The van der Waals surface area contributed by atoms with Gasteiger partial charge < -0.3 is 20.9 Å². The number of anilines is 1. The first-order chi connectivity index (χ1) is 14.9. The highest BCUT2D eigenvalue weighted by Gasteiger charge is 2.14. The van der Waals surface area contributed by atoms with Crippen molar-refractivity contribution in [3.63, 3.8) is 0 Å². The molecule has 0 unspecified atom stereocenters. The van der Waals surface area contributed by atoms with Crippen molar-refractivity contribution >= 4 is 17.6 Å². The first-order valence-corrected chi connectivity index (χ1v) is 10.8. The molecular weight excluding hydrogens is 390 g/mol. The van der Waals surface area contributed by atoms with Gasteiger partial charge in [0.05, 0.1) is 0 Å². The molecule has 0 spiro atoms. The molecule has 31 heavy (non-hydrogen) atoms. The number of hydrogen-bond acceptors (Lipinski definition) is 4. The Morgan fingerprint density at radius 3 is 2.42 bits per heavy atom. The summed E-state index contributed by atoms with van der Waals surface area (Å²) in [4.78, 5) is 29.3. The van der Waals surface area contributed by atoms with E-state index in [1.54, 1.807) is 24.3 Å². The molecule has 1 fully saturated rings. The molecule has 3 amide bonds. The minimum Gasteiger partial charge on any atom is -0.348 e. The van der Waals surface area contributed by atoms with Crippen LogP contribution >= 0.6 is 0 Å². The molecule has 2 aromatic rings. The van der Waals surface area contributed by atoms with Gasteiger partial charge in [0.25, 0.3) is 5.91 Å². The Kier molecular flexibility index (Phi) is 8.03. The Hall–Kier alpha value is -2.90. The minimum absolute atomic E-state index is 0.0403. The lowest BCUT2D eigenvalue weighted by molar-refractivity contribution is 0.0951. The van der Waals surface area contributed by atoms with Crippen LogP contribution in [0.1, 0.15) is 35.3 Å². The molecule has 0 atom stereocenters. The van der Waals surface area contributed by atoms with Crippen molar-refractivity contribution in [1.29, 1.82) is 0 Å². The van der Waals surface area contributed by atoms with Crippen LogP contribution in [0.3, 0.4) is 0 Å². The number of hydrogen-bond donors (Lipinski definition) is 3. The SMILES string of the molecule is CC(C)NC(=O)Nc1cccc(C(=O)NCc2cccc(CN3CCN(C)CC3)c2)c1. The number of urea groups is 1. The van der Waals surface area contributed by atoms with Crippen LogP contribution in [0.5, 0.6) is 0 Å². The number of carbonyl (C=O) groups is 2. The van der Waals surface area contributed by atoms with Crippen LogP contribution < -0.4 is 16.0 Å². The van der Waals surface area contributed by atoms with Crippen molar-refractivity contribution in [2.45, 2.75) is 33.0 Å². The van der Waals surface area contributed by atoms with Crippen LogP contribution in [0, 0.1) is 0 Å². The number of benzene rings is 2. The number of amides is 3. The second-order valence-electron chi connectivity index (χ2n) is 8.42. The van der Waals surface area contributed by atoms with Crippen molar-refractivity contribution in [2.75, 3.05) is 38.5 Å². The third-order valence-corrected chi connectivity index (χ3v) is 5.25. The van der Waals surface area contributed by atoms with E-state index < -0.39 is 0 Å². The topological polar surface area (TPSA) is 76.7 Å². The molecule has 2 aromatic carbocycles. The predicted molar refractivity (Wildman–Crippen MR) is 124 cm³/mol. The number of rotatable bonds is 7. The summed E-state index contributed by atoms with van der Waals surface area (Å²) in [5, 5.41) is 8.50. The van der Waals surface area contributed by atoms with Crippen LogP contribution in [0.2, 0.25) is 0 Å². The van der Waals surface area contributed by atoms with Crippen molar-refractivity contribution in [1.82, 2.24) is 20.4 Å². The fourth-order valence-electron chi connectivity index (χ4n) is 3.55. The summed E-state index contributed by atoms with van der Waals surface area (Å²) in [7, 11) is 2.16. The van der Waals surface area contributed by atoms with E-state index in [-0.39, 0.29) is 18.0 Å². The standard InChI is InChI=1S/C24H33N5O2/c1-18(2)26-24(31)27-22-9-5-8-21(15-22)23(30)25-16-19-6-4-7-20(14-19)17-29-12-10-28(3)11-13-29/h4-9,14-15,18H,10-13,16-17H2,1-3H3,(H,25,30)(H2,26,27,31). The van der Waals surface area contributed by atoms with Crippen LogP contribution in [0.15, 0.2) is 48.5 Å². The minimum atomic E-state index is -0.287. The van der Waals surface area contributed by atoms with E-state index in [4.69, 9.17) is 0 Å². The molecule has 0 saturated carbocycles. The predicted octanol–water partition coefficient (Wildman–Crippen LogP) is 2.89. The number of nitrogens with zero attached hydrogens (tertiary/aromatic N) is 2. The van der Waals surface area contributed by atoms with Crippen LogP contribution in [-0.4, -0.2) is 61.0 Å². The average molecular weight is 424 g/mol. The van der Waals surface area contributed by atoms with Gasteiger partial charge in [0.1, 0.15) is 0 Å². The highest BCUT2D eigenvalue weighted by molar-refractivity contribution is 5.96. The van der Waals surface area contributed by atoms with E-state index in [9.17, 15) is 9.59 Å². The molecule has 166 valence electrons. The molecule has 1 aliphatic heterocycles. The van der Waals surface area contributed by atoms with E-state index in [0.29, 0.717) is 17.8 Å². The van der Waals surface area contributed by atoms with Crippen LogP contribution in [0.4, 0.5) is 10.5 Å². The fourth-order valence-corrected chi connectivity index (χ4v) is 3.55. The lowest BCUT2D eigenvalue weighted by Crippen LogP contribution is -2.43. The summed E-state index contributed by atoms with van der Waals surface area (Å²) < 4.78 is 0. The van der Waals surface area contributed by atoms with Crippen molar-refractivity contribution in [3.8, 4) is 0 Å². The molecule has 1 heterocycles. The largest absolute Gasteiger partial charge is 0.348 e. The third kappa shape index (κ3) is 7.38. The fraction of sp³-hybridized carbons (Fsp3) is 0.417. The number of carbonyl (C=O) groups excluding carboxylic acids is 2. The maximum Gasteiger partial charge on any atom is 0.319 e. The summed E-state index contributed by atoms with van der Waals surface area (Å²) in [6, 6.07) is 15.1. The van der Waals surface area contributed by atoms with Crippen molar-refractivity contribution < 1.29 is 9.59 Å². The van der Waals surface area contributed by atoms with E-state index in [1.165, 1.54) is 5.56 Å². The maximum absolute atomic E-state index is 12.6. The monoisotopic (exact) mass is 423 g/mol. The lowest BCUT2D eigenvalue weighted by atomic mass is 10.1. The molecular formula is C24H33N5O2. The first-order valence-electron chi connectivity index (χ1n) is 10.8. The Morgan fingerprint density at radius 2 is 1.68 bits per heavy atom. The molecule has 1 saturated heterocycles.